The number of carbonyl (C=O) groups is 1. The fourth-order valence-corrected chi connectivity index (χ4v) is 5.16. The molecule has 1 aliphatic carbocycles. The number of hydrogen-bond acceptors (Lipinski definition) is 12. The lowest BCUT2D eigenvalue weighted by molar-refractivity contribution is -0.157. The number of methoxy groups -OCH3 is 3. The van der Waals surface area contributed by atoms with Crippen LogP contribution < -0.4 is 18.9 Å². The standard InChI is InChI=1S/C28H34O12/c1-36-18-7-13-4-5-22(31)40-27(17(12-30)16(6-13)24(18)33)14-8-20(37-2)28(21(9-14)38-3)39-19-10-15(11-29)23(32)26(35)25(19)34/h4-9,15,17,19,23,25-27,29-30,32-35H,10-12H2,1-3H3/b5-4-/t15-,17+,19+,23-,25+,26+,27+/m1/s1. The van der Waals surface area contributed by atoms with E-state index in [1.165, 1.54) is 45.6 Å². The molecule has 4 rings (SSSR count). The summed E-state index contributed by atoms with van der Waals surface area (Å²) in [6, 6.07) is 6.18. The normalized spacial score (nSPS) is 28.9. The van der Waals surface area contributed by atoms with E-state index in [4.69, 9.17) is 23.7 Å². The number of fused-ring (bicyclic) bond motifs is 2. The molecular formula is C28H34O12. The monoisotopic (exact) mass is 562 g/mol. The highest BCUT2D eigenvalue weighted by molar-refractivity contribution is 5.88. The molecule has 1 fully saturated rings. The fourth-order valence-electron chi connectivity index (χ4n) is 5.16. The van der Waals surface area contributed by atoms with Crippen molar-refractivity contribution in [2.75, 3.05) is 34.5 Å². The van der Waals surface area contributed by atoms with E-state index >= 15 is 0 Å². The van der Waals surface area contributed by atoms with Crippen LogP contribution in [-0.4, -0.2) is 95.6 Å². The molecule has 40 heavy (non-hydrogen) atoms. The molecule has 6 N–H and O–H groups in total. The highest BCUT2D eigenvalue weighted by Gasteiger charge is 2.44. The molecule has 2 bridgehead atoms. The molecule has 1 heterocycles. The Morgan fingerprint density at radius 2 is 1.50 bits per heavy atom. The van der Waals surface area contributed by atoms with E-state index in [9.17, 15) is 35.4 Å². The van der Waals surface area contributed by atoms with Crippen LogP contribution in [0.15, 0.2) is 30.3 Å². The molecule has 0 spiro atoms. The summed E-state index contributed by atoms with van der Waals surface area (Å²) in [5, 5.41) is 61.9. The number of carbonyl (C=O) groups excluding carboxylic acids is 1. The van der Waals surface area contributed by atoms with Gasteiger partial charge in [-0.3, -0.25) is 0 Å². The summed E-state index contributed by atoms with van der Waals surface area (Å²) in [5.74, 6) is -2.15. The summed E-state index contributed by atoms with van der Waals surface area (Å²) in [5.41, 5.74) is 1.17. The first-order valence-corrected chi connectivity index (χ1v) is 12.6. The first-order chi connectivity index (χ1) is 19.2. The predicted octanol–water partition coefficient (Wildman–Crippen LogP) is 0.647. The third-order valence-electron chi connectivity index (χ3n) is 7.38. The summed E-state index contributed by atoms with van der Waals surface area (Å²) in [6.07, 6.45) is -3.77. The number of rotatable bonds is 8. The van der Waals surface area contributed by atoms with Gasteiger partial charge in [0.2, 0.25) is 5.75 Å². The number of phenols is 1. The summed E-state index contributed by atoms with van der Waals surface area (Å²) in [4.78, 5) is 12.7. The molecule has 0 aromatic heterocycles. The van der Waals surface area contributed by atoms with Crippen LogP contribution in [0.5, 0.6) is 28.7 Å². The lowest BCUT2D eigenvalue weighted by atomic mass is 9.81. The molecular weight excluding hydrogens is 528 g/mol. The van der Waals surface area contributed by atoms with E-state index in [-0.39, 0.29) is 40.7 Å². The Labute approximate surface area is 230 Å². The molecule has 2 aliphatic rings. The SMILES string of the molecule is COc1cc2cc(c1O)[C@H](CO)[C@H](c1cc(OC)c(O[C@H]3C[C@H](CO)[C@@H](O)[C@H](O)[C@H]3O)c(OC)c1)OC(=O)/C=C\2. The summed E-state index contributed by atoms with van der Waals surface area (Å²) in [6.45, 7) is -0.946. The van der Waals surface area contributed by atoms with E-state index in [2.05, 4.69) is 0 Å². The third-order valence-corrected chi connectivity index (χ3v) is 7.38. The Morgan fingerprint density at radius 1 is 0.850 bits per heavy atom. The van der Waals surface area contributed by atoms with Crippen molar-refractivity contribution >= 4 is 12.0 Å². The van der Waals surface area contributed by atoms with Gasteiger partial charge in [-0.2, -0.15) is 0 Å². The number of aliphatic hydroxyl groups is 5. The second-order valence-corrected chi connectivity index (χ2v) is 9.70. The van der Waals surface area contributed by atoms with Gasteiger partial charge in [-0.05, 0) is 42.3 Å². The minimum Gasteiger partial charge on any atom is -0.504 e. The number of hydrogen-bond donors (Lipinski definition) is 6. The second kappa shape index (κ2) is 12.3. The Kier molecular flexibility index (Phi) is 9.06. The van der Waals surface area contributed by atoms with Gasteiger partial charge in [-0.25, -0.2) is 4.79 Å². The summed E-state index contributed by atoms with van der Waals surface area (Å²) in [7, 11) is 4.11. The topological polar surface area (TPSA) is 185 Å². The van der Waals surface area contributed by atoms with Crippen LogP contribution in [-0.2, 0) is 9.53 Å². The highest BCUT2D eigenvalue weighted by Crippen LogP contribution is 2.48. The number of esters is 1. The first-order valence-electron chi connectivity index (χ1n) is 12.6. The van der Waals surface area contributed by atoms with Gasteiger partial charge in [0, 0.05) is 29.7 Å². The molecule has 7 atom stereocenters. The Balaban J connectivity index is 1.78. The molecule has 1 aliphatic heterocycles. The molecule has 0 unspecified atom stereocenters. The molecule has 12 nitrogen and oxygen atoms in total. The van der Waals surface area contributed by atoms with Crippen LogP contribution in [0.3, 0.4) is 0 Å². The lowest BCUT2D eigenvalue weighted by Gasteiger charge is -2.40. The van der Waals surface area contributed by atoms with Crippen molar-refractivity contribution in [3.05, 3.63) is 47.0 Å². The van der Waals surface area contributed by atoms with Gasteiger partial charge in [0.15, 0.2) is 23.0 Å². The van der Waals surface area contributed by atoms with Crippen LogP contribution in [0.4, 0.5) is 0 Å². The van der Waals surface area contributed by atoms with Crippen LogP contribution in [0.25, 0.3) is 6.08 Å². The molecule has 0 radical (unpaired) electrons. The van der Waals surface area contributed by atoms with Gasteiger partial charge in [0.1, 0.15) is 24.4 Å². The number of phenolic OH excluding ortho intramolecular Hbond substituents is 1. The average molecular weight is 563 g/mol. The zero-order chi connectivity index (χ0) is 29.1. The molecule has 2 aromatic rings. The highest BCUT2D eigenvalue weighted by atomic mass is 16.6. The predicted molar refractivity (Wildman–Crippen MR) is 140 cm³/mol. The van der Waals surface area contributed by atoms with E-state index in [0.717, 1.165) is 0 Å². The molecule has 218 valence electrons. The minimum absolute atomic E-state index is 0.0283. The molecule has 0 amide bonds. The van der Waals surface area contributed by atoms with Crippen LogP contribution in [0.2, 0.25) is 0 Å². The number of aliphatic hydroxyl groups excluding tert-OH is 5. The molecule has 1 saturated carbocycles. The van der Waals surface area contributed by atoms with Crippen LogP contribution in [0.1, 0.15) is 35.1 Å². The average Bonchev–Trinajstić information content (AvgIpc) is 3.02. The van der Waals surface area contributed by atoms with E-state index in [1.807, 2.05) is 0 Å². The Morgan fingerprint density at radius 3 is 2.08 bits per heavy atom. The van der Waals surface area contributed by atoms with Crippen molar-refractivity contribution in [3.8, 4) is 28.7 Å². The smallest absolute Gasteiger partial charge is 0.331 e. The first kappa shape index (κ1) is 29.4. The van der Waals surface area contributed by atoms with Crippen molar-refractivity contribution in [2.24, 2.45) is 5.92 Å². The molecule has 0 saturated heterocycles. The zero-order valence-corrected chi connectivity index (χ0v) is 22.3. The zero-order valence-electron chi connectivity index (χ0n) is 22.3. The van der Waals surface area contributed by atoms with Crippen molar-refractivity contribution in [1.29, 1.82) is 0 Å². The Bertz CT molecular complexity index is 1220. The van der Waals surface area contributed by atoms with Gasteiger partial charge < -0.3 is 54.3 Å². The quantitative estimate of drug-likeness (QED) is 0.247. The maximum Gasteiger partial charge on any atom is 0.331 e. The summed E-state index contributed by atoms with van der Waals surface area (Å²) >= 11 is 0. The molecule has 12 heteroatoms. The van der Waals surface area contributed by atoms with Crippen LogP contribution in [0, 0.1) is 5.92 Å². The van der Waals surface area contributed by atoms with E-state index in [0.29, 0.717) is 11.1 Å². The number of ether oxygens (including phenoxy) is 5. The second-order valence-electron chi connectivity index (χ2n) is 9.70. The van der Waals surface area contributed by atoms with Crippen molar-refractivity contribution in [3.63, 3.8) is 0 Å². The van der Waals surface area contributed by atoms with Crippen molar-refractivity contribution in [1.82, 2.24) is 0 Å². The van der Waals surface area contributed by atoms with Gasteiger partial charge in [-0.1, -0.05) is 0 Å². The lowest BCUT2D eigenvalue weighted by Crippen LogP contribution is -2.56. The Hall–Kier alpha value is -3.55. The fraction of sp³-hybridized carbons (Fsp3) is 0.464. The van der Waals surface area contributed by atoms with Gasteiger partial charge >= 0.3 is 5.97 Å². The number of cyclic esters (lactones) is 1. The number of benzene rings is 2. The maximum absolute atomic E-state index is 12.7. The van der Waals surface area contributed by atoms with E-state index in [1.54, 1.807) is 12.1 Å². The van der Waals surface area contributed by atoms with Crippen LogP contribution >= 0.6 is 0 Å². The minimum atomic E-state index is -1.55. The van der Waals surface area contributed by atoms with Gasteiger partial charge in [-0.15, -0.1) is 0 Å². The summed E-state index contributed by atoms with van der Waals surface area (Å²) < 4.78 is 28.1. The maximum atomic E-state index is 12.7. The number of aromatic hydroxyl groups is 1. The largest absolute Gasteiger partial charge is 0.504 e. The van der Waals surface area contributed by atoms with E-state index < -0.39 is 61.5 Å². The third kappa shape index (κ3) is 5.54. The van der Waals surface area contributed by atoms with Crippen molar-refractivity contribution in [2.45, 2.75) is 42.9 Å². The molecule has 2 aromatic carbocycles. The van der Waals surface area contributed by atoms with Gasteiger partial charge in [0.25, 0.3) is 0 Å². The van der Waals surface area contributed by atoms with Crippen molar-refractivity contribution < 1.29 is 59.1 Å². The van der Waals surface area contributed by atoms with Gasteiger partial charge in [0.05, 0.1) is 40.0 Å².